The van der Waals surface area contributed by atoms with Gasteiger partial charge in [0, 0.05) is 11.8 Å². The van der Waals surface area contributed by atoms with Crippen LogP contribution in [0.15, 0.2) is 121 Å². The van der Waals surface area contributed by atoms with Crippen LogP contribution in [-0.2, 0) is 9.59 Å². The van der Waals surface area contributed by atoms with Gasteiger partial charge < -0.3 is 0 Å². The molecule has 0 aromatic heterocycles. The maximum absolute atomic E-state index is 13.9. The molecule has 1 aliphatic heterocycles. The molecule has 0 spiro atoms. The van der Waals surface area contributed by atoms with Crippen molar-refractivity contribution in [3.8, 4) is 11.1 Å². The summed E-state index contributed by atoms with van der Waals surface area (Å²) in [6.07, 6.45) is 4.33. The molecule has 3 aliphatic rings. The highest BCUT2D eigenvalue weighted by Crippen LogP contribution is 2.59. The second-order valence-corrected chi connectivity index (χ2v) is 11.0. The molecule has 2 fully saturated rings. The lowest BCUT2D eigenvalue weighted by Gasteiger charge is -2.22. The molecule has 2 amide bonds. The van der Waals surface area contributed by atoms with E-state index >= 15 is 0 Å². The van der Waals surface area contributed by atoms with Crippen molar-refractivity contribution in [2.24, 2.45) is 23.7 Å². The molecule has 2 aliphatic carbocycles. The van der Waals surface area contributed by atoms with Gasteiger partial charge in [0.15, 0.2) is 0 Å². The third-order valence-electron chi connectivity index (χ3n) is 8.62. The molecule has 1 saturated heterocycles. The predicted octanol–water partition coefficient (Wildman–Crippen LogP) is 7.39. The van der Waals surface area contributed by atoms with E-state index in [1.807, 2.05) is 42.5 Å². The molecule has 2 bridgehead atoms. The minimum Gasteiger partial charge on any atom is -0.274 e. The van der Waals surface area contributed by atoms with Crippen LogP contribution < -0.4 is 4.90 Å². The third kappa shape index (κ3) is 3.72. The highest BCUT2D eigenvalue weighted by atomic mass is 16.2. The van der Waals surface area contributed by atoms with Crippen LogP contribution in [0.1, 0.15) is 22.3 Å². The fourth-order valence-corrected chi connectivity index (χ4v) is 6.73. The minimum absolute atomic E-state index is 0.0809. The number of carbonyl (C=O) groups is 2. The Kier molecular flexibility index (Phi) is 5.48. The van der Waals surface area contributed by atoms with Crippen molar-refractivity contribution >= 4 is 23.1 Å². The molecule has 39 heavy (non-hydrogen) atoms. The number of anilines is 1. The summed E-state index contributed by atoms with van der Waals surface area (Å²) in [4.78, 5) is 29.3. The van der Waals surface area contributed by atoms with E-state index < -0.39 is 0 Å². The van der Waals surface area contributed by atoms with E-state index in [-0.39, 0.29) is 35.5 Å². The van der Waals surface area contributed by atoms with Gasteiger partial charge in [0.05, 0.1) is 17.5 Å². The number of hydrogen-bond acceptors (Lipinski definition) is 2. The predicted molar refractivity (Wildman–Crippen MR) is 156 cm³/mol. The number of fused-ring (bicyclic) bond motifs is 5. The van der Waals surface area contributed by atoms with Gasteiger partial charge in [-0.3, -0.25) is 9.59 Å². The second kappa shape index (κ2) is 9.06. The van der Waals surface area contributed by atoms with Crippen molar-refractivity contribution in [3.05, 3.63) is 143 Å². The van der Waals surface area contributed by atoms with Crippen LogP contribution in [-0.4, -0.2) is 11.8 Å². The Bertz CT molecular complexity index is 1560. The average Bonchev–Trinajstić information content (AvgIpc) is 3.60. The van der Waals surface area contributed by atoms with E-state index in [1.165, 1.54) is 21.6 Å². The first-order valence-electron chi connectivity index (χ1n) is 13.6. The Morgan fingerprint density at radius 3 is 1.51 bits per heavy atom. The number of amides is 2. The standard InChI is InChI=1S/C36H29NO2/c1-22-8-12-26(13-9-22)31(27-14-10-23(2)11-15-27)32-29-20-21-30(32)34-33(29)35(38)37(36(34)39)28-18-16-25(17-19-28)24-6-4-3-5-7-24/h3-21,29-30,33-34H,1-2H3/t29-,30-,33-,34-/m1/s1. The summed E-state index contributed by atoms with van der Waals surface area (Å²) in [5.74, 6) is -1.05. The van der Waals surface area contributed by atoms with E-state index in [0.717, 1.165) is 27.8 Å². The summed E-state index contributed by atoms with van der Waals surface area (Å²) >= 11 is 0. The first-order chi connectivity index (χ1) is 19.0. The topological polar surface area (TPSA) is 37.4 Å². The van der Waals surface area contributed by atoms with E-state index in [9.17, 15) is 9.59 Å². The summed E-state index contributed by atoms with van der Waals surface area (Å²) in [5.41, 5.74) is 9.86. The number of nitrogens with zero attached hydrogens (tertiary/aromatic N) is 1. The largest absolute Gasteiger partial charge is 0.274 e. The lowest BCUT2D eigenvalue weighted by Crippen LogP contribution is -2.33. The van der Waals surface area contributed by atoms with E-state index in [1.54, 1.807) is 0 Å². The van der Waals surface area contributed by atoms with Gasteiger partial charge in [-0.1, -0.05) is 114 Å². The van der Waals surface area contributed by atoms with Crippen molar-refractivity contribution in [2.45, 2.75) is 13.8 Å². The summed E-state index contributed by atoms with van der Waals surface area (Å²) in [5, 5.41) is 0. The molecule has 1 heterocycles. The monoisotopic (exact) mass is 507 g/mol. The summed E-state index contributed by atoms with van der Waals surface area (Å²) in [7, 11) is 0. The highest BCUT2D eigenvalue weighted by Gasteiger charge is 2.62. The van der Waals surface area contributed by atoms with E-state index in [2.05, 4.69) is 86.7 Å². The number of aryl methyl sites for hydroxylation is 2. The maximum Gasteiger partial charge on any atom is 0.238 e. The first kappa shape index (κ1) is 23.6. The third-order valence-corrected chi connectivity index (χ3v) is 8.62. The Balaban J connectivity index is 1.28. The van der Waals surface area contributed by atoms with Gasteiger partial charge in [0.25, 0.3) is 0 Å². The fraction of sp³-hybridized carbons (Fsp3) is 0.167. The molecule has 190 valence electrons. The van der Waals surface area contributed by atoms with E-state index in [4.69, 9.17) is 0 Å². The van der Waals surface area contributed by atoms with Crippen molar-refractivity contribution in [3.63, 3.8) is 0 Å². The number of hydrogen-bond donors (Lipinski definition) is 0. The van der Waals surface area contributed by atoms with Gasteiger partial charge in [-0.15, -0.1) is 0 Å². The maximum atomic E-state index is 13.9. The summed E-state index contributed by atoms with van der Waals surface area (Å²) in [6.45, 7) is 4.18. The van der Waals surface area contributed by atoms with Gasteiger partial charge in [-0.2, -0.15) is 0 Å². The van der Waals surface area contributed by atoms with Crippen LogP contribution in [0.2, 0.25) is 0 Å². The van der Waals surface area contributed by atoms with E-state index in [0.29, 0.717) is 5.69 Å². The smallest absolute Gasteiger partial charge is 0.238 e. The molecule has 7 rings (SSSR count). The van der Waals surface area contributed by atoms with Gasteiger partial charge in [-0.25, -0.2) is 4.90 Å². The zero-order valence-corrected chi connectivity index (χ0v) is 22.0. The number of carbonyl (C=O) groups excluding carboxylic acids is 2. The molecule has 4 aromatic carbocycles. The van der Waals surface area contributed by atoms with Crippen LogP contribution in [0.5, 0.6) is 0 Å². The molecular formula is C36H29NO2. The van der Waals surface area contributed by atoms with Crippen LogP contribution in [0, 0.1) is 37.5 Å². The van der Waals surface area contributed by atoms with Gasteiger partial charge in [0.1, 0.15) is 0 Å². The normalized spacial score (nSPS) is 23.0. The van der Waals surface area contributed by atoms with Crippen molar-refractivity contribution in [1.29, 1.82) is 0 Å². The van der Waals surface area contributed by atoms with Crippen molar-refractivity contribution < 1.29 is 9.59 Å². The van der Waals surface area contributed by atoms with Crippen molar-refractivity contribution in [1.82, 2.24) is 0 Å². The summed E-state index contributed by atoms with van der Waals surface area (Å²) in [6, 6.07) is 35.1. The minimum atomic E-state index is -0.359. The average molecular weight is 508 g/mol. The molecule has 1 saturated carbocycles. The Morgan fingerprint density at radius 1 is 0.564 bits per heavy atom. The molecule has 3 heteroatoms. The highest BCUT2D eigenvalue weighted by molar-refractivity contribution is 6.23. The van der Waals surface area contributed by atoms with Crippen LogP contribution >= 0.6 is 0 Å². The quantitative estimate of drug-likeness (QED) is 0.213. The molecule has 0 N–H and O–H groups in total. The molecule has 3 nitrogen and oxygen atoms in total. The number of imide groups is 1. The molecule has 0 unspecified atom stereocenters. The second-order valence-electron chi connectivity index (χ2n) is 11.0. The molecular weight excluding hydrogens is 478 g/mol. The fourth-order valence-electron chi connectivity index (χ4n) is 6.73. The number of allylic oxidation sites excluding steroid dienone is 3. The van der Waals surface area contributed by atoms with Gasteiger partial charge in [0.2, 0.25) is 11.8 Å². The Morgan fingerprint density at radius 2 is 1.03 bits per heavy atom. The van der Waals surface area contributed by atoms with Gasteiger partial charge >= 0.3 is 0 Å². The summed E-state index contributed by atoms with van der Waals surface area (Å²) < 4.78 is 0. The van der Waals surface area contributed by atoms with Crippen LogP contribution in [0.4, 0.5) is 5.69 Å². The SMILES string of the molecule is Cc1ccc(C(=C2[C@H]3C=C[C@H]2[C@H]2C(=O)N(c4ccc(-c5ccccc5)cc4)C(=O)[C@@H]23)c2ccc(C)cc2)cc1. The number of benzene rings is 4. The first-order valence-corrected chi connectivity index (χ1v) is 13.6. The number of rotatable bonds is 4. The lowest BCUT2D eigenvalue weighted by atomic mass is 9.85. The van der Waals surface area contributed by atoms with Crippen molar-refractivity contribution in [2.75, 3.05) is 4.90 Å². The van der Waals surface area contributed by atoms with Crippen LogP contribution in [0.3, 0.4) is 0 Å². The molecule has 4 aromatic rings. The Labute approximate surface area is 229 Å². The Hall–Kier alpha value is -4.50. The lowest BCUT2D eigenvalue weighted by molar-refractivity contribution is -0.122. The van der Waals surface area contributed by atoms with Gasteiger partial charge in [-0.05, 0) is 59.4 Å². The van der Waals surface area contributed by atoms with Crippen LogP contribution in [0.25, 0.3) is 16.7 Å². The molecule has 0 radical (unpaired) electrons. The zero-order chi connectivity index (χ0) is 26.7. The molecule has 4 atom stereocenters. The zero-order valence-electron chi connectivity index (χ0n) is 22.0.